The van der Waals surface area contributed by atoms with Gasteiger partial charge in [-0.2, -0.15) is 0 Å². The van der Waals surface area contributed by atoms with E-state index in [9.17, 15) is 4.79 Å². The average molecular weight is 278 g/mol. The van der Waals surface area contributed by atoms with Crippen molar-refractivity contribution in [1.29, 1.82) is 0 Å². The fourth-order valence-corrected chi connectivity index (χ4v) is 1.64. The Labute approximate surface area is 115 Å². The van der Waals surface area contributed by atoms with E-state index in [1.54, 1.807) is 6.07 Å². The van der Waals surface area contributed by atoms with E-state index in [1.807, 2.05) is 19.1 Å². The Morgan fingerprint density at radius 1 is 1.32 bits per heavy atom. The summed E-state index contributed by atoms with van der Waals surface area (Å²) in [5.41, 5.74) is 1.97. The van der Waals surface area contributed by atoms with Crippen molar-refractivity contribution in [1.82, 2.24) is 9.97 Å². The first-order valence-electron chi connectivity index (χ1n) is 5.53. The zero-order chi connectivity index (χ0) is 13.8. The lowest BCUT2D eigenvalue weighted by atomic mass is 10.2. The number of halogens is 1. The van der Waals surface area contributed by atoms with Gasteiger partial charge in [0.05, 0.1) is 30.2 Å². The predicted molar refractivity (Wildman–Crippen MR) is 72.8 cm³/mol. The standard InChI is InChI=1S/C13H12ClN3O2/c1-8-3-4-9(14)10(5-8)17-12-7-15-11(6-16-12)13(18)19-2/h3-7H,1-2H3,(H,16,17). The molecule has 0 aliphatic heterocycles. The van der Waals surface area contributed by atoms with Crippen LogP contribution in [0, 0.1) is 6.92 Å². The fourth-order valence-electron chi connectivity index (χ4n) is 1.48. The van der Waals surface area contributed by atoms with Crippen molar-refractivity contribution in [3.05, 3.63) is 46.9 Å². The molecule has 0 atom stereocenters. The summed E-state index contributed by atoms with van der Waals surface area (Å²) in [6.45, 7) is 1.97. The molecule has 0 aliphatic carbocycles. The van der Waals surface area contributed by atoms with Crippen LogP contribution in [0.3, 0.4) is 0 Å². The maximum atomic E-state index is 11.2. The first-order valence-corrected chi connectivity index (χ1v) is 5.91. The van der Waals surface area contributed by atoms with Crippen molar-refractivity contribution >= 4 is 29.1 Å². The first kappa shape index (κ1) is 13.3. The van der Waals surface area contributed by atoms with Gasteiger partial charge in [0, 0.05) is 0 Å². The largest absolute Gasteiger partial charge is 0.464 e. The van der Waals surface area contributed by atoms with Gasteiger partial charge >= 0.3 is 5.97 Å². The molecule has 0 amide bonds. The van der Waals surface area contributed by atoms with Crippen LogP contribution in [0.2, 0.25) is 5.02 Å². The van der Waals surface area contributed by atoms with Crippen molar-refractivity contribution in [2.45, 2.75) is 6.92 Å². The van der Waals surface area contributed by atoms with Gasteiger partial charge in [-0.15, -0.1) is 0 Å². The first-order chi connectivity index (χ1) is 9.10. The summed E-state index contributed by atoms with van der Waals surface area (Å²) in [6.07, 6.45) is 2.79. The summed E-state index contributed by atoms with van der Waals surface area (Å²) in [5.74, 6) is -0.0206. The summed E-state index contributed by atoms with van der Waals surface area (Å²) < 4.78 is 4.55. The number of esters is 1. The monoisotopic (exact) mass is 277 g/mol. The second kappa shape index (κ2) is 5.67. The van der Waals surface area contributed by atoms with Crippen LogP contribution in [0.25, 0.3) is 0 Å². The summed E-state index contributed by atoms with van der Waals surface area (Å²) in [7, 11) is 1.29. The van der Waals surface area contributed by atoms with Crippen LogP contribution in [0.5, 0.6) is 0 Å². The lowest BCUT2D eigenvalue weighted by Crippen LogP contribution is -2.05. The zero-order valence-electron chi connectivity index (χ0n) is 10.5. The molecule has 2 rings (SSSR count). The number of benzene rings is 1. The van der Waals surface area contributed by atoms with Gasteiger partial charge in [0.2, 0.25) is 0 Å². The highest BCUT2D eigenvalue weighted by atomic mass is 35.5. The van der Waals surface area contributed by atoms with Crippen LogP contribution < -0.4 is 5.32 Å². The number of hydrogen-bond donors (Lipinski definition) is 1. The SMILES string of the molecule is COC(=O)c1cnc(Nc2cc(C)ccc2Cl)cn1. The number of aryl methyl sites for hydroxylation is 1. The maximum absolute atomic E-state index is 11.2. The van der Waals surface area contributed by atoms with E-state index in [-0.39, 0.29) is 5.69 Å². The molecular weight excluding hydrogens is 266 g/mol. The molecule has 1 heterocycles. The quantitative estimate of drug-likeness (QED) is 0.874. The molecule has 1 aromatic heterocycles. The van der Waals surface area contributed by atoms with Crippen LogP contribution in [-0.2, 0) is 4.74 Å². The Bertz CT molecular complexity index is 599. The van der Waals surface area contributed by atoms with Gasteiger partial charge in [-0.1, -0.05) is 17.7 Å². The lowest BCUT2D eigenvalue weighted by molar-refractivity contribution is 0.0593. The molecule has 0 saturated heterocycles. The number of rotatable bonds is 3. The molecule has 98 valence electrons. The molecule has 5 nitrogen and oxygen atoms in total. The molecule has 0 bridgehead atoms. The molecule has 6 heteroatoms. The van der Waals surface area contributed by atoms with E-state index in [0.717, 1.165) is 11.3 Å². The number of methoxy groups -OCH3 is 1. The molecule has 1 N–H and O–H groups in total. The molecule has 0 aliphatic rings. The van der Waals surface area contributed by atoms with Crippen LogP contribution >= 0.6 is 11.6 Å². The number of nitrogens with zero attached hydrogens (tertiary/aromatic N) is 2. The number of carbonyl (C=O) groups excluding carboxylic acids is 1. The minimum Gasteiger partial charge on any atom is -0.464 e. The van der Waals surface area contributed by atoms with E-state index in [1.165, 1.54) is 19.5 Å². The number of nitrogens with one attached hydrogen (secondary N) is 1. The molecule has 1 aromatic carbocycles. The zero-order valence-corrected chi connectivity index (χ0v) is 11.2. The Hall–Kier alpha value is -2.14. The number of hydrogen-bond acceptors (Lipinski definition) is 5. The van der Waals surface area contributed by atoms with Gasteiger partial charge in [-0.25, -0.2) is 14.8 Å². The summed E-state index contributed by atoms with van der Waals surface area (Å²) >= 11 is 6.07. The summed E-state index contributed by atoms with van der Waals surface area (Å²) in [4.78, 5) is 19.3. The third kappa shape index (κ3) is 3.20. The number of anilines is 2. The van der Waals surface area contributed by atoms with E-state index >= 15 is 0 Å². The molecule has 0 fully saturated rings. The van der Waals surface area contributed by atoms with Crippen LogP contribution in [0.15, 0.2) is 30.6 Å². The minimum absolute atomic E-state index is 0.156. The Morgan fingerprint density at radius 3 is 2.74 bits per heavy atom. The highest BCUT2D eigenvalue weighted by molar-refractivity contribution is 6.33. The maximum Gasteiger partial charge on any atom is 0.358 e. The normalized spacial score (nSPS) is 10.1. The third-order valence-electron chi connectivity index (χ3n) is 2.43. The molecule has 2 aromatic rings. The number of carbonyl (C=O) groups is 1. The van der Waals surface area contributed by atoms with Gasteiger partial charge in [-0.05, 0) is 24.6 Å². The number of ether oxygens (including phenoxy) is 1. The van der Waals surface area contributed by atoms with E-state index in [0.29, 0.717) is 10.8 Å². The van der Waals surface area contributed by atoms with Crippen LogP contribution in [0.1, 0.15) is 16.1 Å². The van der Waals surface area contributed by atoms with Gasteiger partial charge in [0.1, 0.15) is 5.82 Å². The van der Waals surface area contributed by atoms with Crippen molar-refractivity contribution < 1.29 is 9.53 Å². The van der Waals surface area contributed by atoms with Crippen molar-refractivity contribution in [3.63, 3.8) is 0 Å². The Morgan fingerprint density at radius 2 is 2.11 bits per heavy atom. The van der Waals surface area contributed by atoms with Crippen molar-refractivity contribution in [3.8, 4) is 0 Å². The smallest absolute Gasteiger partial charge is 0.358 e. The molecule has 0 saturated carbocycles. The lowest BCUT2D eigenvalue weighted by Gasteiger charge is -2.08. The molecule has 19 heavy (non-hydrogen) atoms. The van der Waals surface area contributed by atoms with Gasteiger partial charge < -0.3 is 10.1 Å². The van der Waals surface area contributed by atoms with Gasteiger partial charge in [-0.3, -0.25) is 0 Å². The Kier molecular flexibility index (Phi) is 3.97. The summed E-state index contributed by atoms with van der Waals surface area (Å²) in [5, 5.41) is 3.63. The van der Waals surface area contributed by atoms with E-state index in [2.05, 4.69) is 20.0 Å². The van der Waals surface area contributed by atoms with Crippen molar-refractivity contribution in [2.24, 2.45) is 0 Å². The van der Waals surface area contributed by atoms with Crippen molar-refractivity contribution in [2.75, 3.05) is 12.4 Å². The van der Waals surface area contributed by atoms with E-state index in [4.69, 9.17) is 11.6 Å². The molecule has 0 spiro atoms. The fraction of sp³-hybridized carbons (Fsp3) is 0.154. The predicted octanol–water partition coefficient (Wildman–Crippen LogP) is 2.97. The summed E-state index contributed by atoms with van der Waals surface area (Å²) in [6, 6.07) is 5.62. The minimum atomic E-state index is -0.521. The molecule has 0 unspecified atom stereocenters. The van der Waals surface area contributed by atoms with Crippen LogP contribution in [-0.4, -0.2) is 23.0 Å². The third-order valence-corrected chi connectivity index (χ3v) is 2.76. The van der Waals surface area contributed by atoms with Gasteiger partial charge in [0.15, 0.2) is 5.69 Å². The topological polar surface area (TPSA) is 64.1 Å². The molecular formula is C13H12ClN3O2. The molecule has 0 radical (unpaired) electrons. The highest BCUT2D eigenvalue weighted by Crippen LogP contribution is 2.25. The van der Waals surface area contributed by atoms with Crippen LogP contribution in [0.4, 0.5) is 11.5 Å². The van der Waals surface area contributed by atoms with E-state index < -0.39 is 5.97 Å². The second-order valence-electron chi connectivity index (χ2n) is 3.89. The van der Waals surface area contributed by atoms with Gasteiger partial charge in [0.25, 0.3) is 0 Å². The average Bonchev–Trinajstić information content (AvgIpc) is 2.43. The highest BCUT2D eigenvalue weighted by Gasteiger charge is 2.08. The second-order valence-corrected chi connectivity index (χ2v) is 4.29. The Balaban J connectivity index is 2.19. The number of aromatic nitrogens is 2.